The Kier molecular flexibility index (Phi) is 5.30. The van der Waals surface area contributed by atoms with Crippen LogP contribution < -0.4 is 10.1 Å². The normalized spacial score (nSPS) is 17.3. The van der Waals surface area contributed by atoms with Gasteiger partial charge in [-0.15, -0.1) is 11.3 Å². The highest BCUT2D eigenvalue weighted by molar-refractivity contribution is 7.10. The summed E-state index contributed by atoms with van der Waals surface area (Å²) in [5.74, 6) is 0.137. The monoisotopic (exact) mass is 352 g/mol. The van der Waals surface area contributed by atoms with Crippen molar-refractivity contribution >= 4 is 22.9 Å². The Bertz CT molecular complexity index is 662. The van der Waals surface area contributed by atoms with Gasteiger partial charge in [-0.2, -0.15) is 8.78 Å². The fourth-order valence-corrected chi connectivity index (χ4v) is 3.75. The SMILES string of the molecule is O=C(CNc1ccc(OC(F)F)cc1)N1CCC[C@H]1c1cccs1. The van der Waals surface area contributed by atoms with E-state index in [2.05, 4.69) is 16.1 Å². The first-order valence-electron chi connectivity index (χ1n) is 7.75. The first kappa shape index (κ1) is 16.7. The predicted octanol–water partition coefficient (Wildman–Crippen LogP) is 4.13. The number of likely N-dealkylation sites (tertiary alicyclic amines) is 1. The summed E-state index contributed by atoms with van der Waals surface area (Å²) in [5, 5.41) is 5.06. The summed E-state index contributed by atoms with van der Waals surface area (Å²) in [6, 6.07) is 10.4. The van der Waals surface area contributed by atoms with Gasteiger partial charge in [-0.1, -0.05) is 6.07 Å². The number of anilines is 1. The lowest BCUT2D eigenvalue weighted by Crippen LogP contribution is -2.34. The Hall–Kier alpha value is -2.15. The molecule has 0 spiro atoms. The summed E-state index contributed by atoms with van der Waals surface area (Å²) in [5.41, 5.74) is 0.692. The first-order chi connectivity index (χ1) is 11.6. The molecule has 0 radical (unpaired) electrons. The van der Waals surface area contributed by atoms with E-state index in [1.54, 1.807) is 23.5 Å². The molecule has 1 aliphatic heterocycles. The van der Waals surface area contributed by atoms with Crippen LogP contribution in [0.25, 0.3) is 0 Å². The standard InChI is InChI=1S/C17H18F2N2O2S/c18-17(19)23-13-7-5-12(6-8-13)20-11-16(22)21-9-1-3-14(21)15-4-2-10-24-15/h2,4-8,10,14,17,20H,1,3,9,11H2/t14-/m0/s1. The van der Waals surface area contributed by atoms with E-state index < -0.39 is 6.61 Å². The highest BCUT2D eigenvalue weighted by atomic mass is 32.1. The molecule has 1 N–H and O–H groups in total. The molecule has 2 aromatic rings. The Labute approximate surface area is 143 Å². The van der Waals surface area contributed by atoms with Crippen LogP contribution >= 0.6 is 11.3 Å². The maximum Gasteiger partial charge on any atom is 0.387 e. The molecule has 1 saturated heterocycles. The van der Waals surface area contributed by atoms with Crippen molar-refractivity contribution in [3.8, 4) is 5.75 Å². The third kappa shape index (κ3) is 4.03. The molecule has 1 atom stereocenters. The van der Waals surface area contributed by atoms with Crippen LogP contribution in [0, 0.1) is 0 Å². The van der Waals surface area contributed by atoms with E-state index in [4.69, 9.17) is 0 Å². The molecule has 4 nitrogen and oxygen atoms in total. The molecule has 0 bridgehead atoms. The van der Waals surface area contributed by atoms with E-state index in [-0.39, 0.29) is 24.2 Å². The van der Waals surface area contributed by atoms with Crippen LogP contribution in [0.15, 0.2) is 41.8 Å². The van der Waals surface area contributed by atoms with Crippen molar-refractivity contribution in [2.75, 3.05) is 18.4 Å². The fraction of sp³-hybridized carbons (Fsp3) is 0.353. The number of benzene rings is 1. The summed E-state index contributed by atoms with van der Waals surface area (Å²) in [4.78, 5) is 15.6. The van der Waals surface area contributed by atoms with Gasteiger partial charge in [0, 0.05) is 17.1 Å². The minimum absolute atomic E-state index is 0.0406. The second kappa shape index (κ2) is 7.61. The number of nitrogens with one attached hydrogen (secondary N) is 1. The number of rotatable bonds is 6. The molecular weight excluding hydrogens is 334 g/mol. The van der Waals surface area contributed by atoms with E-state index >= 15 is 0 Å². The van der Waals surface area contributed by atoms with E-state index in [0.29, 0.717) is 5.69 Å². The molecule has 0 saturated carbocycles. The molecule has 0 aliphatic carbocycles. The van der Waals surface area contributed by atoms with Crippen LogP contribution in [-0.4, -0.2) is 30.5 Å². The fourth-order valence-electron chi connectivity index (χ4n) is 2.88. The van der Waals surface area contributed by atoms with E-state index in [0.717, 1.165) is 19.4 Å². The number of alkyl halides is 2. The molecule has 1 aromatic carbocycles. The average Bonchev–Trinajstić information content (AvgIpc) is 3.24. The quantitative estimate of drug-likeness (QED) is 0.850. The molecule has 1 fully saturated rings. The highest BCUT2D eigenvalue weighted by Crippen LogP contribution is 2.34. The minimum Gasteiger partial charge on any atom is -0.435 e. The van der Waals surface area contributed by atoms with Crippen molar-refractivity contribution < 1.29 is 18.3 Å². The number of ether oxygens (including phenoxy) is 1. The summed E-state index contributed by atoms with van der Waals surface area (Å²) in [7, 11) is 0. The van der Waals surface area contributed by atoms with Gasteiger partial charge in [-0.25, -0.2) is 0 Å². The van der Waals surface area contributed by atoms with Gasteiger partial charge >= 0.3 is 6.61 Å². The van der Waals surface area contributed by atoms with Crippen LogP contribution in [0.3, 0.4) is 0 Å². The molecule has 3 rings (SSSR count). The average molecular weight is 352 g/mol. The smallest absolute Gasteiger partial charge is 0.387 e. The second-order valence-corrected chi connectivity index (χ2v) is 6.50. The largest absolute Gasteiger partial charge is 0.435 e. The topological polar surface area (TPSA) is 41.6 Å². The van der Waals surface area contributed by atoms with Crippen LogP contribution in [0.5, 0.6) is 5.75 Å². The van der Waals surface area contributed by atoms with Gasteiger partial charge in [-0.3, -0.25) is 4.79 Å². The number of thiophene rings is 1. The lowest BCUT2D eigenvalue weighted by molar-refractivity contribution is -0.130. The van der Waals surface area contributed by atoms with Gasteiger partial charge in [0.2, 0.25) is 5.91 Å². The zero-order valence-corrected chi connectivity index (χ0v) is 13.8. The lowest BCUT2D eigenvalue weighted by atomic mass is 10.2. The van der Waals surface area contributed by atoms with Crippen molar-refractivity contribution in [3.63, 3.8) is 0 Å². The third-order valence-corrected chi connectivity index (χ3v) is 4.94. The Morgan fingerprint density at radius 3 is 2.79 bits per heavy atom. The zero-order chi connectivity index (χ0) is 16.9. The van der Waals surface area contributed by atoms with E-state index in [1.165, 1.54) is 17.0 Å². The van der Waals surface area contributed by atoms with Crippen molar-refractivity contribution in [2.45, 2.75) is 25.5 Å². The zero-order valence-electron chi connectivity index (χ0n) is 13.0. The number of halogens is 2. The second-order valence-electron chi connectivity index (χ2n) is 5.52. The van der Waals surface area contributed by atoms with Crippen molar-refractivity contribution in [3.05, 3.63) is 46.7 Å². The molecule has 1 aliphatic rings. The van der Waals surface area contributed by atoms with Crippen molar-refractivity contribution in [2.24, 2.45) is 0 Å². The molecule has 7 heteroatoms. The third-order valence-electron chi connectivity index (χ3n) is 3.97. The first-order valence-corrected chi connectivity index (χ1v) is 8.63. The molecule has 1 aromatic heterocycles. The van der Waals surface area contributed by atoms with Gasteiger partial charge < -0.3 is 15.0 Å². The van der Waals surface area contributed by atoms with Crippen LogP contribution in [0.4, 0.5) is 14.5 Å². The van der Waals surface area contributed by atoms with Crippen LogP contribution in [0.1, 0.15) is 23.8 Å². The maximum atomic E-state index is 12.5. The van der Waals surface area contributed by atoms with Crippen LogP contribution in [0.2, 0.25) is 0 Å². The van der Waals surface area contributed by atoms with Crippen LogP contribution in [-0.2, 0) is 4.79 Å². The number of carbonyl (C=O) groups excluding carboxylic acids is 1. The van der Waals surface area contributed by atoms with Gasteiger partial charge in [-0.05, 0) is 48.6 Å². The van der Waals surface area contributed by atoms with Crippen molar-refractivity contribution in [1.82, 2.24) is 4.90 Å². The molecule has 0 unspecified atom stereocenters. The minimum atomic E-state index is -2.84. The number of carbonyl (C=O) groups is 1. The summed E-state index contributed by atoms with van der Waals surface area (Å²) in [6.45, 7) is -1.89. The predicted molar refractivity (Wildman–Crippen MR) is 89.6 cm³/mol. The van der Waals surface area contributed by atoms with E-state index in [1.807, 2.05) is 16.3 Å². The highest BCUT2D eigenvalue weighted by Gasteiger charge is 2.30. The van der Waals surface area contributed by atoms with Gasteiger partial charge in [0.1, 0.15) is 5.75 Å². The van der Waals surface area contributed by atoms with Gasteiger partial charge in [0.25, 0.3) is 0 Å². The van der Waals surface area contributed by atoms with E-state index in [9.17, 15) is 13.6 Å². The maximum absolute atomic E-state index is 12.5. The molecule has 24 heavy (non-hydrogen) atoms. The molecule has 1 amide bonds. The number of amides is 1. The number of nitrogens with zero attached hydrogens (tertiary/aromatic N) is 1. The molecular formula is C17H18F2N2O2S. The summed E-state index contributed by atoms with van der Waals surface area (Å²) in [6.07, 6.45) is 2.00. The Balaban J connectivity index is 1.55. The van der Waals surface area contributed by atoms with Gasteiger partial charge in [0.15, 0.2) is 0 Å². The molecule has 128 valence electrons. The van der Waals surface area contributed by atoms with Gasteiger partial charge in [0.05, 0.1) is 12.6 Å². The van der Waals surface area contributed by atoms with Crippen molar-refractivity contribution in [1.29, 1.82) is 0 Å². The Morgan fingerprint density at radius 1 is 1.33 bits per heavy atom. The Morgan fingerprint density at radius 2 is 2.12 bits per heavy atom. The number of hydrogen-bond acceptors (Lipinski definition) is 4. The molecule has 2 heterocycles. The summed E-state index contributed by atoms with van der Waals surface area (Å²) < 4.78 is 28.5. The lowest BCUT2D eigenvalue weighted by Gasteiger charge is -2.24. The summed E-state index contributed by atoms with van der Waals surface area (Å²) >= 11 is 1.67. The number of hydrogen-bond donors (Lipinski definition) is 1.